The van der Waals surface area contributed by atoms with E-state index in [9.17, 15) is 0 Å². The summed E-state index contributed by atoms with van der Waals surface area (Å²) in [6, 6.07) is 0.661. The number of hydrogen-bond acceptors (Lipinski definition) is 2. The van der Waals surface area contributed by atoms with Crippen molar-refractivity contribution in [1.29, 1.82) is 0 Å². The molecule has 1 N–H and O–H groups in total. The molecule has 2 nitrogen and oxygen atoms in total. The van der Waals surface area contributed by atoms with E-state index in [-0.39, 0.29) is 0 Å². The number of rotatable bonds is 2. The third-order valence-electron chi connectivity index (χ3n) is 4.96. The van der Waals surface area contributed by atoms with Crippen LogP contribution in [0.4, 0.5) is 0 Å². The van der Waals surface area contributed by atoms with Crippen LogP contribution in [0.15, 0.2) is 0 Å². The van der Waals surface area contributed by atoms with Gasteiger partial charge in [0.25, 0.3) is 0 Å². The van der Waals surface area contributed by atoms with Crippen LogP contribution in [0.5, 0.6) is 0 Å². The summed E-state index contributed by atoms with van der Waals surface area (Å²) in [6.07, 6.45) is 5.84. The van der Waals surface area contributed by atoms with Gasteiger partial charge >= 0.3 is 0 Å². The van der Waals surface area contributed by atoms with Gasteiger partial charge in [-0.25, -0.2) is 0 Å². The summed E-state index contributed by atoms with van der Waals surface area (Å²) in [6.45, 7) is 14.5. The zero-order valence-corrected chi connectivity index (χ0v) is 12.8. The van der Waals surface area contributed by atoms with Gasteiger partial charge in [0.1, 0.15) is 0 Å². The third-order valence-corrected chi connectivity index (χ3v) is 4.96. The standard InChI is InChI=1S/C16H32N2/c1-13-5-7-14(8-6-13)11-18-10-9-17-15(12-18)16(2,3)4/h13-15,17H,5-12H2,1-4H3. The molecule has 18 heavy (non-hydrogen) atoms. The minimum absolute atomic E-state index is 0.389. The third kappa shape index (κ3) is 3.96. The number of nitrogens with zero attached hydrogens (tertiary/aromatic N) is 1. The van der Waals surface area contributed by atoms with Gasteiger partial charge in [0.05, 0.1) is 0 Å². The summed E-state index contributed by atoms with van der Waals surface area (Å²) in [5, 5.41) is 3.69. The fourth-order valence-corrected chi connectivity index (χ4v) is 3.43. The Morgan fingerprint density at radius 1 is 1.11 bits per heavy atom. The minimum atomic E-state index is 0.389. The van der Waals surface area contributed by atoms with Gasteiger partial charge in [-0.2, -0.15) is 0 Å². The van der Waals surface area contributed by atoms with E-state index < -0.39 is 0 Å². The molecule has 1 heterocycles. The summed E-state index contributed by atoms with van der Waals surface area (Å²) in [7, 11) is 0. The SMILES string of the molecule is CC1CCC(CN2CCNC(C(C)(C)C)C2)CC1. The molecule has 0 spiro atoms. The topological polar surface area (TPSA) is 15.3 Å². The van der Waals surface area contributed by atoms with Crippen LogP contribution in [0.25, 0.3) is 0 Å². The molecule has 0 aromatic carbocycles. The first kappa shape index (κ1) is 14.3. The Balaban J connectivity index is 1.79. The van der Waals surface area contributed by atoms with E-state index in [4.69, 9.17) is 0 Å². The first-order valence-electron chi connectivity index (χ1n) is 7.91. The van der Waals surface area contributed by atoms with Gasteiger partial charge in [-0.3, -0.25) is 0 Å². The molecular weight excluding hydrogens is 220 g/mol. The van der Waals surface area contributed by atoms with Crippen molar-refractivity contribution in [3.05, 3.63) is 0 Å². The lowest BCUT2D eigenvalue weighted by Gasteiger charge is -2.42. The van der Waals surface area contributed by atoms with Crippen molar-refractivity contribution in [2.45, 2.75) is 59.4 Å². The Hall–Kier alpha value is -0.0800. The summed E-state index contributed by atoms with van der Waals surface area (Å²) >= 11 is 0. The molecule has 0 amide bonds. The zero-order chi connectivity index (χ0) is 13.2. The van der Waals surface area contributed by atoms with Gasteiger partial charge in [0.2, 0.25) is 0 Å². The average Bonchev–Trinajstić information content (AvgIpc) is 2.31. The van der Waals surface area contributed by atoms with Crippen molar-refractivity contribution < 1.29 is 0 Å². The molecular formula is C16H32N2. The van der Waals surface area contributed by atoms with Crippen LogP contribution in [0.1, 0.15) is 53.4 Å². The molecule has 1 aliphatic carbocycles. The molecule has 0 aromatic heterocycles. The normalized spacial score (nSPS) is 35.7. The Morgan fingerprint density at radius 2 is 1.78 bits per heavy atom. The maximum Gasteiger partial charge on any atom is 0.0244 e. The van der Waals surface area contributed by atoms with Crippen molar-refractivity contribution in [1.82, 2.24) is 10.2 Å². The molecule has 0 radical (unpaired) electrons. The molecule has 2 aliphatic rings. The van der Waals surface area contributed by atoms with Crippen LogP contribution in [-0.2, 0) is 0 Å². The molecule has 2 rings (SSSR count). The van der Waals surface area contributed by atoms with E-state index in [1.165, 1.54) is 51.9 Å². The van der Waals surface area contributed by atoms with Gasteiger partial charge in [-0.1, -0.05) is 40.5 Å². The fourth-order valence-electron chi connectivity index (χ4n) is 3.43. The molecule has 2 heteroatoms. The van der Waals surface area contributed by atoms with Gasteiger partial charge in [-0.05, 0) is 30.1 Å². The highest BCUT2D eigenvalue weighted by Crippen LogP contribution is 2.29. The van der Waals surface area contributed by atoms with Crippen LogP contribution < -0.4 is 5.32 Å². The monoisotopic (exact) mass is 252 g/mol. The lowest BCUT2D eigenvalue weighted by atomic mass is 9.82. The van der Waals surface area contributed by atoms with Crippen LogP contribution in [0.3, 0.4) is 0 Å². The summed E-state index contributed by atoms with van der Waals surface area (Å²) in [5.41, 5.74) is 0.389. The Bertz CT molecular complexity index is 248. The smallest absolute Gasteiger partial charge is 0.0244 e. The van der Waals surface area contributed by atoms with Gasteiger partial charge in [0.15, 0.2) is 0 Å². The predicted molar refractivity (Wildman–Crippen MR) is 78.8 cm³/mol. The van der Waals surface area contributed by atoms with Crippen LogP contribution in [0.2, 0.25) is 0 Å². The molecule has 1 saturated heterocycles. The lowest BCUT2D eigenvalue weighted by Crippen LogP contribution is -2.56. The first-order chi connectivity index (χ1) is 8.45. The lowest BCUT2D eigenvalue weighted by molar-refractivity contribution is 0.107. The maximum absolute atomic E-state index is 3.69. The van der Waals surface area contributed by atoms with E-state index in [0.29, 0.717) is 11.5 Å². The van der Waals surface area contributed by atoms with E-state index in [1.807, 2.05) is 0 Å². The Morgan fingerprint density at radius 3 is 2.39 bits per heavy atom. The van der Waals surface area contributed by atoms with Crippen molar-refractivity contribution >= 4 is 0 Å². The Labute approximate surface area is 114 Å². The van der Waals surface area contributed by atoms with Gasteiger partial charge < -0.3 is 10.2 Å². The molecule has 0 aromatic rings. The summed E-state index contributed by atoms with van der Waals surface area (Å²) in [4.78, 5) is 2.72. The highest BCUT2D eigenvalue weighted by Gasteiger charge is 2.30. The second-order valence-electron chi connectivity index (χ2n) is 7.76. The second-order valence-corrected chi connectivity index (χ2v) is 7.76. The van der Waals surface area contributed by atoms with Gasteiger partial charge in [0, 0.05) is 32.2 Å². The highest BCUT2D eigenvalue weighted by molar-refractivity contribution is 4.88. The van der Waals surface area contributed by atoms with Crippen LogP contribution in [-0.4, -0.2) is 37.1 Å². The highest BCUT2D eigenvalue weighted by atomic mass is 15.2. The number of hydrogen-bond donors (Lipinski definition) is 1. The molecule has 2 fully saturated rings. The molecule has 1 atom stereocenters. The van der Waals surface area contributed by atoms with Gasteiger partial charge in [-0.15, -0.1) is 0 Å². The van der Waals surface area contributed by atoms with Crippen molar-refractivity contribution in [2.24, 2.45) is 17.3 Å². The quantitative estimate of drug-likeness (QED) is 0.812. The zero-order valence-electron chi connectivity index (χ0n) is 12.8. The van der Waals surface area contributed by atoms with Crippen molar-refractivity contribution in [3.63, 3.8) is 0 Å². The van der Waals surface area contributed by atoms with E-state index in [0.717, 1.165) is 11.8 Å². The van der Waals surface area contributed by atoms with Crippen molar-refractivity contribution in [2.75, 3.05) is 26.2 Å². The molecule has 106 valence electrons. The first-order valence-corrected chi connectivity index (χ1v) is 7.91. The molecule has 1 aliphatic heterocycles. The molecule has 1 saturated carbocycles. The Kier molecular flexibility index (Phi) is 4.71. The molecule has 1 unspecified atom stereocenters. The minimum Gasteiger partial charge on any atom is -0.311 e. The van der Waals surface area contributed by atoms with E-state index in [2.05, 4.69) is 37.9 Å². The average molecular weight is 252 g/mol. The predicted octanol–water partition coefficient (Wildman–Crippen LogP) is 3.13. The molecule has 0 bridgehead atoms. The number of nitrogens with one attached hydrogen (secondary N) is 1. The van der Waals surface area contributed by atoms with Crippen LogP contribution >= 0.6 is 0 Å². The summed E-state index contributed by atoms with van der Waals surface area (Å²) in [5.74, 6) is 1.95. The van der Waals surface area contributed by atoms with Crippen molar-refractivity contribution in [3.8, 4) is 0 Å². The van der Waals surface area contributed by atoms with E-state index in [1.54, 1.807) is 0 Å². The van der Waals surface area contributed by atoms with E-state index >= 15 is 0 Å². The number of piperazine rings is 1. The maximum atomic E-state index is 3.69. The second kappa shape index (κ2) is 5.92. The summed E-state index contributed by atoms with van der Waals surface area (Å²) < 4.78 is 0. The largest absolute Gasteiger partial charge is 0.311 e. The van der Waals surface area contributed by atoms with Crippen LogP contribution in [0, 0.1) is 17.3 Å². The fraction of sp³-hybridized carbons (Fsp3) is 1.00.